The highest BCUT2D eigenvalue weighted by molar-refractivity contribution is 9.10. The molecule has 1 amide bonds. The van der Waals surface area contributed by atoms with E-state index >= 15 is 0 Å². The first-order valence-electron chi connectivity index (χ1n) is 10.7. The van der Waals surface area contributed by atoms with E-state index in [-0.39, 0.29) is 13.1 Å². The summed E-state index contributed by atoms with van der Waals surface area (Å²) in [5.74, 6) is 0.246. The van der Waals surface area contributed by atoms with Crippen LogP contribution in [0, 0.1) is 11.8 Å². The van der Waals surface area contributed by atoms with Crippen molar-refractivity contribution in [1.82, 2.24) is 9.80 Å². The van der Waals surface area contributed by atoms with Crippen LogP contribution in [0.5, 0.6) is 5.75 Å². The molecule has 0 radical (unpaired) electrons. The molecule has 1 aromatic carbocycles. The van der Waals surface area contributed by atoms with Gasteiger partial charge >= 0.3 is 12.1 Å². The number of ether oxygens (including phenoxy) is 1. The third-order valence-corrected chi connectivity index (χ3v) is 7.14. The first-order chi connectivity index (χ1) is 14.3. The van der Waals surface area contributed by atoms with E-state index in [1.54, 1.807) is 7.11 Å². The van der Waals surface area contributed by atoms with E-state index in [4.69, 9.17) is 4.74 Å². The van der Waals surface area contributed by atoms with Gasteiger partial charge in [-0.05, 0) is 87.2 Å². The smallest absolute Gasteiger partial charge is 0.471 e. The summed E-state index contributed by atoms with van der Waals surface area (Å²) in [7, 11) is 1.68. The third-order valence-electron chi connectivity index (χ3n) is 6.36. The number of hydrogen-bond donors (Lipinski definition) is 0. The third kappa shape index (κ3) is 6.36. The van der Waals surface area contributed by atoms with Crippen LogP contribution in [0.2, 0.25) is 0 Å². The van der Waals surface area contributed by atoms with Crippen LogP contribution < -0.4 is 4.74 Å². The van der Waals surface area contributed by atoms with Crippen molar-refractivity contribution in [3.05, 3.63) is 28.2 Å². The maximum Gasteiger partial charge on any atom is 0.471 e. The summed E-state index contributed by atoms with van der Waals surface area (Å²) >= 11 is 3.64. The number of likely N-dealkylation sites (tertiary alicyclic amines) is 2. The van der Waals surface area contributed by atoms with Gasteiger partial charge in [-0.3, -0.25) is 4.79 Å². The van der Waals surface area contributed by atoms with E-state index in [0.717, 1.165) is 54.0 Å². The molecule has 1 aromatic rings. The predicted molar refractivity (Wildman–Crippen MR) is 114 cm³/mol. The minimum absolute atomic E-state index is 0.226. The number of hydrogen-bond acceptors (Lipinski definition) is 3. The number of piperidine rings is 1. The van der Waals surface area contributed by atoms with Crippen LogP contribution in [0.15, 0.2) is 22.7 Å². The Labute approximate surface area is 184 Å². The molecule has 4 nitrogen and oxygen atoms in total. The van der Waals surface area contributed by atoms with Crippen molar-refractivity contribution >= 4 is 21.8 Å². The number of benzene rings is 1. The highest BCUT2D eigenvalue weighted by Crippen LogP contribution is 2.29. The molecule has 3 rings (SSSR count). The van der Waals surface area contributed by atoms with Crippen LogP contribution in [-0.4, -0.2) is 61.7 Å². The van der Waals surface area contributed by atoms with Gasteiger partial charge in [-0.25, -0.2) is 0 Å². The highest BCUT2D eigenvalue weighted by atomic mass is 79.9. The molecule has 0 bridgehead atoms. The van der Waals surface area contributed by atoms with Gasteiger partial charge in [0.25, 0.3) is 0 Å². The predicted octanol–water partition coefficient (Wildman–Crippen LogP) is 4.90. The molecule has 2 aliphatic rings. The monoisotopic (exact) mass is 490 g/mol. The molecule has 168 valence electrons. The summed E-state index contributed by atoms with van der Waals surface area (Å²) in [6, 6.07) is 6.09. The Bertz CT molecular complexity index is 721. The van der Waals surface area contributed by atoms with Crippen LogP contribution >= 0.6 is 15.9 Å². The number of nitrogens with zero attached hydrogens (tertiary/aromatic N) is 2. The summed E-state index contributed by atoms with van der Waals surface area (Å²) < 4.78 is 44.0. The lowest BCUT2D eigenvalue weighted by Crippen LogP contribution is -2.45. The van der Waals surface area contributed by atoms with Crippen molar-refractivity contribution in [1.29, 1.82) is 0 Å². The maximum atomic E-state index is 12.5. The quantitative estimate of drug-likeness (QED) is 0.544. The van der Waals surface area contributed by atoms with Crippen molar-refractivity contribution in [2.24, 2.45) is 11.8 Å². The standard InChI is InChI=1S/C22H30BrF3N2O2/c1-30-19-4-5-20(23)18(14-19)13-17-6-10-27(15-17)9-2-3-16-7-11-28(12-8-16)21(29)22(24,25)26/h4-5,14,16-17H,2-3,6-13,15H2,1H3. The van der Waals surface area contributed by atoms with Gasteiger partial charge in [-0.1, -0.05) is 15.9 Å². The van der Waals surface area contributed by atoms with Gasteiger partial charge in [0.15, 0.2) is 0 Å². The molecule has 2 fully saturated rings. The maximum absolute atomic E-state index is 12.5. The van der Waals surface area contributed by atoms with Gasteiger partial charge in [-0.2, -0.15) is 13.2 Å². The number of alkyl halides is 3. The number of carbonyl (C=O) groups is 1. The van der Waals surface area contributed by atoms with Crippen molar-refractivity contribution in [3.8, 4) is 5.75 Å². The minimum atomic E-state index is -4.75. The molecule has 0 N–H and O–H groups in total. The Morgan fingerprint density at radius 2 is 1.87 bits per heavy atom. The fourth-order valence-electron chi connectivity index (χ4n) is 4.64. The number of carbonyl (C=O) groups excluding carboxylic acids is 1. The fourth-order valence-corrected chi connectivity index (χ4v) is 5.04. The molecule has 0 spiro atoms. The molecule has 0 aromatic heterocycles. The van der Waals surface area contributed by atoms with Crippen LogP contribution in [0.1, 0.15) is 37.7 Å². The van der Waals surface area contributed by atoms with Gasteiger partial charge in [-0.15, -0.1) is 0 Å². The number of halogens is 4. The molecular formula is C22H30BrF3N2O2. The minimum Gasteiger partial charge on any atom is -0.497 e. The first kappa shape index (κ1) is 23.4. The molecule has 0 aliphatic carbocycles. The second-order valence-electron chi connectivity index (χ2n) is 8.49. The largest absolute Gasteiger partial charge is 0.497 e. The summed E-state index contributed by atoms with van der Waals surface area (Å²) in [4.78, 5) is 14.8. The van der Waals surface area contributed by atoms with Crippen molar-refractivity contribution < 1.29 is 22.7 Å². The zero-order valence-electron chi connectivity index (χ0n) is 17.4. The Hall–Kier alpha value is -1.28. The Balaban J connectivity index is 1.35. The molecular weight excluding hydrogens is 461 g/mol. The Kier molecular flexibility index (Phi) is 8.07. The molecule has 2 saturated heterocycles. The van der Waals surface area contributed by atoms with Crippen LogP contribution in [0.25, 0.3) is 0 Å². The lowest BCUT2D eigenvalue weighted by Gasteiger charge is -2.32. The molecule has 0 saturated carbocycles. The van der Waals surface area contributed by atoms with Crippen molar-refractivity contribution in [2.45, 2.75) is 44.7 Å². The van der Waals surface area contributed by atoms with Crippen LogP contribution in [-0.2, 0) is 11.2 Å². The van der Waals surface area contributed by atoms with Gasteiger partial charge in [0.2, 0.25) is 0 Å². The second kappa shape index (κ2) is 10.4. The van der Waals surface area contributed by atoms with E-state index in [2.05, 4.69) is 26.9 Å². The summed E-state index contributed by atoms with van der Waals surface area (Å²) in [5.41, 5.74) is 1.28. The second-order valence-corrected chi connectivity index (χ2v) is 9.35. The Morgan fingerprint density at radius 3 is 2.53 bits per heavy atom. The summed E-state index contributed by atoms with van der Waals surface area (Å²) in [5, 5.41) is 0. The first-order valence-corrected chi connectivity index (χ1v) is 11.5. The lowest BCUT2D eigenvalue weighted by molar-refractivity contribution is -0.186. The van der Waals surface area contributed by atoms with Gasteiger partial charge in [0, 0.05) is 24.1 Å². The van der Waals surface area contributed by atoms with Crippen LogP contribution in [0.3, 0.4) is 0 Å². The van der Waals surface area contributed by atoms with E-state index in [9.17, 15) is 18.0 Å². The molecule has 1 atom stereocenters. The van der Waals surface area contributed by atoms with Crippen LogP contribution in [0.4, 0.5) is 13.2 Å². The van der Waals surface area contributed by atoms with E-state index in [0.29, 0.717) is 24.7 Å². The molecule has 2 aliphatic heterocycles. The van der Waals surface area contributed by atoms with Gasteiger partial charge < -0.3 is 14.5 Å². The average Bonchev–Trinajstić information content (AvgIpc) is 3.16. The molecule has 2 heterocycles. The number of methoxy groups -OCH3 is 1. The molecule has 30 heavy (non-hydrogen) atoms. The van der Waals surface area contributed by atoms with Crippen molar-refractivity contribution in [3.63, 3.8) is 0 Å². The van der Waals surface area contributed by atoms with E-state index in [1.807, 2.05) is 12.1 Å². The SMILES string of the molecule is COc1ccc(Br)c(CC2CCN(CCCC3CCN(C(=O)C(F)(F)F)CC3)C2)c1. The van der Waals surface area contributed by atoms with Crippen molar-refractivity contribution in [2.75, 3.05) is 39.8 Å². The number of amides is 1. The zero-order valence-corrected chi connectivity index (χ0v) is 19.0. The molecule has 8 heteroatoms. The van der Waals surface area contributed by atoms with E-state index in [1.165, 1.54) is 12.0 Å². The van der Waals surface area contributed by atoms with E-state index < -0.39 is 12.1 Å². The fraction of sp³-hybridized carbons (Fsp3) is 0.682. The summed E-state index contributed by atoms with van der Waals surface area (Å²) in [6.45, 7) is 3.68. The summed E-state index contributed by atoms with van der Waals surface area (Å²) in [6.07, 6.45) is 0.897. The zero-order chi connectivity index (χ0) is 21.7. The highest BCUT2D eigenvalue weighted by Gasteiger charge is 2.43. The number of rotatable bonds is 7. The van der Waals surface area contributed by atoms with Gasteiger partial charge in [0.05, 0.1) is 7.11 Å². The molecule has 1 unspecified atom stereocenters. The normalized spacial score (nSPS) is 21.2. The lowest BCUT2D eigenvalue weighted by atomic mass is 9.92. The Morgan fingerprint density at radius 1 is 1.17 bits per heavy atom. The topological polar surface area (TPSA) is 32.8 Å². The van der Waals surface area contributed by atoms with Gasteiger partial charge in [0.1, 0.15) is 5.75 Å². The average molecular weight is 491 g/mol.